The van der Waals surface area contributed by atoms with E-state index in [4.69, 9.17) is 9.52 Å². The van der Waals surface area contributed by atoms with Crippen molar-refractivity contribution in [2.24, 2.45) is 4.99 Å². The van der Waals surface area contributed by atoms with E-state index in [-0.39, 0.29) is 24.0 Å². The number of halogens is 1. The first-order valence-electron chi connectivity index (χ1n) is 11.1. The van der Waals surface area contributed by atoms with Crippen LogP contribution < -0.4 is 5.32 Å². The number of aryl methyl sites for hydroxylation is 2. The van der Waals surface area contributed by atoms with Crippen LogP contribution in [0.3, 0.4) is 0 Å². The Morgan fingerprint density at radius 1 is 1.19 bits per heavy atom. The van der Waals surface area contributed by atoms with E-state index in [1.807, 2.05) is 19.1 Å². The Balaban J connectivity index is 0.00000272. The van der Waals surface area contributed by atoms with Gasteiger partial charge in [0.25, 0.3) is 0 Å². The minimum Gasteiger partial charge on any atom is -0.508 e. The van der Waals surface area contributed by atoms with E-state index in [9.17, 15) is 5.11 Å². The second-order valence-corrected chi connectivity index (χ2v) is 8.27. The van der Waals surface area contributed by atoms with Crippen LogP contribution in [0.25, 0.3) is 0 Å². The van der Waals surface area contributed by atoms with Crippen molar-refractivity contribution in [2.75, 3.05) is 32.7 Å². The minimum atomic E-state index is 0. The van der Waals surface area contributed by atoms with Gasteiger partial charge in [-0.05, 0) is 56.7 Å². The van der Waals surface area contributed by atoms with Gasteiger partial charge in [-0.15, -0.1) is 24.0 Å². The van der Waals surface area contributed by atoms with Gasteiger partial charge in [0, 0.05) is 50.9 Å². The molecule has 0 unspecified atom stereocenters. The number of hydrogen-bond donors (Lipinski definition) is 2. The number of hydrogen-bond acceptors (Lipinski definition) is 5. The highest BCUT2D eigenvalue weighted by atomic mass is 127. The van der Waals surface area contributed by atoms with Crippen LogP contribution in [0.5, 0.6) is 5.75 Å². The summed E-state index contributed by atoms with van der Waals surface area (Å²) in [5.41, 5.74) is 4.69. The van der Waals surface area contributed by atoms with Gasteiger partial charge in [0.2, 0.25) is 0 Å². The third kappa shape index (κ3) is 5.91. The van der Waals surface area contributed by atoms with Crippen LogP contribution in [0.4, 0.5) is 0 Å². The summed E-state index contributed by atoms with van der Waals surface area (Å²) >= 11 is 0. The molecule has 2 heterocycles. The fourth-order valence-corrected chi connectivity index (χ4v) is 4.49. The Bertz CT molecular complexity index is 890. The second kappa shape index (κ2) is 11.2. The quantitative estimate of drug-likeness (QED) is 0.345. The highest BCUT2D eigenvalue weighted by molar-refractivity contribution is 14.0. The predicted molar refractivity (Wildman–Crippen MR) is 133 cm³/mol. The summed E-state index contributed by atoms with van der Waals surface area (Å²) in [6.07, 6.45) is 4.59. The zero-order valence-electron chi connectivity index (χ0n) is 18.6. The average molecular weight is 539 g/mol. The first-order valence-corrected chi connectivity index (χ1v) is 11.1. The molecule has 0 amide bonds. The molecule has 0 saturated carbocycles. The summed E-state index contributed by atoms with van der Waals surface area (Å²) in [4.78, 5) is 9.63. The number of piperazine rings is 1. The van der Waals surface area contributed by atoms with Crippen LogP contribution in [-0.2, 0) is 25.9 Å². The normalized spacial score (nSPS) is 17.2. The van der Waals surface area contributed by atoms with Gasteiger partial charge in [0.15, 0.2) is 5.96 Å². The summed E-state index contributed by atoms with van der Waals surface area (Å²) in [6.45, 7) is 9.96. The van der Waals surface area contributed by atoms with Gasteiger partial charge in [-0.2, -0.15) is 0 Å². The maximum Gasteiger partial charge on any atom is 0.194 e. The Hall–Kier alpha value is -1.81. The Kier molecular flexibility index (Phi) is 8.59. The molecule has 170 valence electrons. The van der Waals surface area contributed by atoms with Crippen molar-refractivity contribution in [1.82, 2.24) is 20.3 Å². The van der Waals surface area contributed by atoms with E-state index < -0.39 is 0 Å². The molecular formula is C23H34IN5O2. The molecule has 7 nitrogen and oxygen atoms in total. The van der Waals surface area contributed by atoms with Crippen molar-refractivity contribution in [1.29, 1.82) is 0 Å². The summed E-state index contributed by atoms with van der Waals surface area (Å²) in [6, 6.07) is 5.93. The van der Waals surface area contributed by atoms with Crippen LogP contribution in [0, 0.1) is 6.92 Å². The third-order valence-electron chi connectivity index (χ3n) is 6.08. The van der Waals surface area contributed by atoms with E-state index in [1.54, 1.807) is 0 Å². The molecule has 31 heavy (non-hydrogen) atoms. The number of fused-ring (bicyclic) bond motifs is 1. The molecule has 1 aliphatic heterocycles. The number of nitrogens with one attached hydrogen (secondary N) is 1. The molecule has 1 aromatic heterocycles. The lowest BCUT2D eigenvalue weighted by atomic mass is 9.88. The molecule has 2 aliphatic rings. The number of aromatic nitrogens is 1. The number of aliphatic imine (C=N–C) groups is 1. The molecule has 1 aromatic carbocycles. The minimum absolute atomic E-state index is 0. The number of rotatable bonds is 5. The van der Waals surface area contributed by atoms with Crippen LogP contribution in [-0.4, -0.2) is 58.7 Å². The first-order chi connectivity index (χ1) is 14.6. The van der Waals surface area contributed by atoms with Crippen LogP contribution in [0.15, 0.2) is 27.7 Å². The van der Waals surface area contributed by atoms with E-state index in [0.29, 0.717) is 12.3 Å². The summed E-state index contributed by atoms with van der Waals surface area (Å²) in [5.74, 6) is 2.17. The van der Waals surface area contributed by atoms with Crippen molar-refractivity contribution in [3.8, 4) is 5.75 Å². The Morgan fingerprint density at radius 3 is 2.68 bits per heavy atom. The van der Waals surface area contributed by atoms with Crippen molar-refractivity contribution >= 4 is 29.9 Å². The highest BCUT2D eigenvalue weighted by Gasteiger charge is 2.21. The first kappa shape index (κ1) is 23.8. The van der Waals surface area contributed by atoms with E-state index in [1.165, 1.54) is 24.0 Å². The Labute approximate surface area is 201 Å². The fourth-order valence-electron chi connectivity index (χ4n) is 4.49. The second-order valence-electron chi connectivity index (χ2n) is 8.27. The number of nitrogens with zero attached hydrogens (tertiary/aromatic N) is 4. The van der Waals surface area contributed by atoms with Crippen molar-refractivity contribution < 1.29 is 9.63 Å². The molecule has 1 saturated heterocycles. The van der Waals surface area contributed by atoms with E-state index in [2.05, 4.69) is 33.3 Å². The topological polar surface area (TPSA) is 77.1 Å². The lowest BCUT2D eigenvalue weighted by Gasteiger charge is -2.36. The molecular weight excluding hydrogens is 505 g/mol. The summed E-state index contributed by atoms with van der Waals surface area (Å²) in [5, 5.41) is 18.0. The van der Waals surface area contributed by atoms with Crippen LogP contribution >= 0.6 is 24.0 Å². The molecule has 2 N–H and O–H groups in total. The van der Waals surface area contributed by atoms with Gasteiger partial charge < -0.3 is 19.8 Å². The van der Waals surface area contributed by atoms with Crippen molar-refractivity contribution in [2.45, 2.75) is 52.6 Å². The van der Waals surface area contributed by atoms with Gasteiger partial charge in [-0.25, -0.2) is 4.99 Å². The average Bonchev–Trinajstić information content (AvgIpc) is 3.17. The van der Waals surface area contributed by atoms with Crippen molar-refractivity contribution in [3.63, 3.8) is 0 Å². The standard InChI is InChI=1S/C23H33N5O2.HI/c1-3-24-23(25-15-21-20-7-5-4-6-18(20)8-9-22(21)29)28-12-10-27(11-13-28)16-19-14-17(2)30-26-19;/h8-9,14,29H,3-7,10-13,15-16H2,1-2H3,(H,24,25);1H. The molecule has 2 aromatic rings. The fraction of sp³-hybridized carbons (Fsp3) is 0.565. The maximum atomic E-state index is 10.5. The van der Waals surface area contributed by atoms with Gasteiger partial charge in [-0.1, -0.05) is 11.2 Å². The molecule has 1 aliphatic carbocycles. The lowest BCUT2D eigenvalue weighted by Crippen LogP contribution is -2.52. The van der Waals surface area contributed by atoms with Gasteiger partial charge in [0.1, 0.15) is 11.5 Å². The molecule has 0 radical (unpaired) electrons. The zero-order valence-corrected chi connectivity index (χ0v) is 20.9. The van der Waals surface area contributed by atoms with Gasteiger partial charge in [-0.3, -0.25) is 4.90 Å². The van der Waals surface area contributed by atoms with E-state index >= 15 is 0 Å². The summed E-state index contributed by atoms with van der Waals surface area (Å²) < 4.78 is 5.18. The zero-order chi connectivity index (χ0) is 20.9. The molecule has 8 heteroatoms. The maximum absolute atomic E-state index is 10.5. The van der Waals surface area contributed by atoms with Gasteiger partial charge >= 0.3 is 0 Å². The highest BCUT2D eigenvalue weighted by Crippen LogP contribution is 2.31. The van der Waals surface area contributed by atoms with Crippen LogP contribution in [0.1, 0.15) is 47.9 Å². The number of phenolic OH excluding ortho intramolecular Hbond substituents is 1. The van der Waals surface area contributed by atoms with Gasteiger partial charge in [0.05, 0.1) is 12.2 Å². The third-order valence-corrected chi connectivity index (χ3v) is 6.08. The monoisotopic (exact) mass is 539 g/mol. The van der Waals surface area contributed by atoms with Crippen molar-refractivity contribution in [3.05, 3.63) is 46.3 Å². The molecule has 0 bridgehead atoms. The molecule has 4 rings (SSSR count). The van der Waals surface area contributed by atoms with Crippen LogP contribution in [0.2, 0.25) is 0 Å². The molecule has 0 atom stereocenters. The number of guanidine groups is 1. The SMILES string of the molecule is CCNC(=NCc1c(O)ccc2c1CCCC2)N1CCN(Cc2cc(C)on2)CC1.I. The lowest BCUT2D eigenvalue weighted by molar-refractivity contribution is 0.169. The predicted octanol–water partition coefficient (Wildman–Crippen LogP) is 3.47. The summed E-state index contributed by atoms with van der Waals surface area (Å²) in [7, 11) is 0. The number of aromatic hydroxyl groups is 1. The Morgan fingerprint density at radius 2 is 1.97 bits per heavy atom. The van der Waals surface area contributed by atoms with E-state index in [0.717, 1.165) is 75.1 Å². The smallest absolute Gasteiger partial charge is 0.194 e. The molecule has 0 spiro atoms. The molecule has 1 fully saturated rings. The number of phenols is 1. The number of benzene rings is 1. The largest absolute Gasteiger partial charge is 0.508 e.